The van der Waals surface area contributed by atoms with Gasteiger partial charge in [0.15, 0.2) is 5.82 Å². The highest BCUT2D eigenvalue weighted by molar-refractivity contribution is 9.12. The van der Waals surface area contributed by atoms with Crippen LogP contribution < -0.4 is 0 Å². The fraction of sp³-hybridized carbons (Fsp3) is 0.438. The number of nitrogens with zero attached hydrogens (tertiary/aromatic N) is 3. The highest BCUT2D eigenvalue weighted by atomic mass is 79.9. The van der Waals surface area contributed by atoms with Gasteiger partial charge >= 0.3 is 5.97 Å². The smallest absolute Gasteiger partial charge is 0.323 e. The van der Waals surface area contributed by atoms with E-state index in [1.54, 1.807) is 11.0 Å². The summed E-state index contributed by atoms with van der Waals surface area (Å²) in [5.74, 6) is 0.281. The van der Waals surface area contributed by atoms with E-state index in [9.17, 15) is 4.79 Å². The highest BCUT2D eigenvalue weighted by Gasteiger charge is 2.28. The summed E-state index contributed by atoms with van der Waals surface area (Å²) >= 11 is 6.82. The lowest BCUT2D eigenvalue weighted by Crippen LogP contribution is -2.27. The molecule has 0 saturated heterocycles. The SMILES string of the molecule is Cc1cc(C)cc(-c2ncn(C(Br)C(Br)C(=O)OC(C)C)n2)c1. The maximum atomic E-state index is 12.0. The number of esters is 1. The summed E-state index contributed by atoms with van der Waals surface area (Å²) < 4.78 is 6.81. The second-order valence-corrected chi connectivity index (χ2v) is 7.61. The molecule has 0 aliphatic heterocycles. The Hall–Kier alpha value is -1.21. The summed E-state index contributed by atoms with van der Waals surface area (Å²) in [5.41, 5.74) is 3.27. The lowest BCUT2D eigenvalue weighted by atomic mass is 10.1. The van der Waals surface area contributed by atoms with Crippen LogP contribution in [0, 0.1) is 13.8 Å². The molecule has 0 radical (unpaired) electrons. The molecule has 2 unspecified atom stereocenters. The van der Waals surface area contributed by atoms with Gasteiger partial charge in [-0.05, 0) is 39.8 Å². The van der Waals surface area contributed by atoms with E-state index in [-0.39, 0.29) is 17.0 Å². The molecule has 1 aromatic carbocycles. The molecule has 0 saturated carbocycles. The van der Waals surface area contributed by atoms with E-state index >= 15 is 0 Å². The Labute approximate surface area is 152 Å². The Morgan fingerprint density at radius 3 is 2.35 bits per heavy atom. The molecule has 0 N–H and O–H groups in total. The molecular weight excluding hydrogens is 426 g/mol. The van der Waals surface area contributed by atoms with Crippen LogP contribution in [0.4, 0.5) is 0 Å². The van der Waals surface area contributed by atoms with E-state index in [0.717, 1.165) is 16.7 Å². The summed E-state index contributed by atoms with van der Waals surface area (Å²) in [6.45, 7) is 7.71. The molecule has 2 rings (SSSR count). The van der Waals surface area contributed by atoms with E-state index in [1.165, 1.54) is 0 Å². The van der Waals surface area contributed by atoms with E-state index in [2.05, 4.69) is 48.0 Å². The maximum absolute atomic E-state index is 12.0. The first-order valence-electron chi connectivity index (χ1n) is 7.26. The van der Waals surface area contributed by atoms with Crippen molar-refractivity contribution in [1.29, 1.82) is 0 Å². The van der Waals surface area contributed by atoms with Crippen molar-refractivity contribution in [2.45, 2.75) is 43.6 Å². The highest BCUT2D eigenvalue weighted by Crippen LogP contribution is 2.27. The lowest BCUT2D eigenvalue weighted by molar-refractivity contribution is -0.146. The first-order chi connectivity index (χ1) is 10.8. The molecule has 0 aliphatic carbocycles. The van der Waals surface area contributed by atoms with Crippen LogP contribution in [0.2, 0.25) is 0 Å². The minimum atomic E-state index is -0.557. The van der Waals surface area contributed by atoms with Gasteiger partial charge in [0.2, 0.25) is 0 Å². The molecule has 0 bridgehead atoms. The number of ether oxygens (including phenoxy) is 1. The number of hydrogen-bond donors (Lipinski definition) is 0. The Bertz CT molecular complexity index is 680. The fourth-order valence-corrected chi connectivity index (χ4v) is 2.94. The van der Waals surface area contributed by atoms with Crippen LogP contribution in [0.25, 0.3) is 11.4 Å². The van der Waals surface area contributed by atoms with Crippen LogP contribution in [0.15, 0.2) is 24.5 Å². The molecule has 124 valence electrons. The van der Waals surface area contributed by atoms with Crippen LogP contribution in [0.1, 0.15) is 29.9 Å². The first-order valence-corrected chi connectivity index (χ1v) is 9.09. The van der Waals surface area contributed by atoms with Gasteiger partial charge in [-0.2, -0.15) is 0 Å². The van der Waals surface area contributed by atoms with Crippen LogP contribution in [-0.2, 0) is 9.53 Å². The third-order valence-electron chi connectivity index (χ3n) is 3.06. The number of carbonyl (C=O) groups excluding carboxylic acids is 1. The molecule has 0 spiro atoms. The van der Waals surface area contributed by atoms with E-state index in [1.807, 2.05) is 39.8 Å². The predicted molar refractivity (Wildman–Crippen MR) is 96.8 cm³/mol. The summed E-state index contributed by atoms with van der Waals surface area (Å²) in [6.07, 6.45) is 1.44. The van der Waals surface area contributed by atoms with Crippen LogP contribution in [0.3, 0.4) is 0 Å². The van der Waals surface area contributed by atoms with Gasteiger partial charge in [-0.3, -0.25) is 4.79 Å². The van der Waals surface area contributed by atoms with Gasteiger partial charge in [0, 0.05) is 5.56 Å². The molecule has 1 aromatic heterocycles. The molecule has 7 heteroatoms. The number of rotatable bonds is 5. The van der Waals surface area contributed by atoms with Gasteiger partial charge in [0.25, 0.3) is 0 Å². The lowest BCUT2D eigenvalue weighted by Gasteiger charge is -2.17. The fourth-order valence-electron chi connectivity index (χ4n) is 2.17. The van der Waals surface area contributed by atoms with Crippen molar-refractivity contribution in [3.63, 3.8) is 0 Å². The summed E-state index contributed by atoms with van der Waals surface area (Å²) in [5, 5.41) is 4.47. The Balaban J connectivity index is 2.19. The summed E-state index contributed by atoms with van der Waals surface area (Å²) in [4.78, 5) is 15.4. The molecule has 0 amide bonds. The van der Waals surface area contributed by atoms with Crippen molar-refractivity contribution in [2.75, 3.05) is 0 Å². The second kappa shape index (κ2) is 7.57. The minimum absolute atomic E-state index is 0.163. The van der Waals surface area contributed by atoms with E-state index in [0.29, 0.717) is 5.82 Å². The molecule has 1 heterocycles. The molecule has 5 nitrogen and oxygen atoms in total. The summed E-state index contributed by atoms with van der Waals surface area (Å²) in [7, 11) is 0. The molecule has 2 atom stereocenters. The molecule has 0 aliphatic rings. The summed E-state index contributed by atoms with van der Waals surface area (Å²) in [6, 6.07) is 6.17. The number of alkyl halides is 2. The average Bonchev–Trinajstić information content (AvgIpc) is 2.93. The van der Waals surface area contributed by atoms with Gasteiger partial charge in [-0.25, -0.2) is 9.67 Å². The third kappa shape index (κ3) is 4.64. The van der Waals surface area contributed by atoms with Crippen molar-refractivity contribution in [2.24, 2.45) is 0 Å². The molecular formula is C16H19Br2N3O2. The maximum Gasteiger partial charge on any atom is 0.323 e. The van der Waals surface area contributed by atoms with Crippen molar-refractivity contribution in [3.8, 4) is 11.4 Å². The third-order valence-corrected chi connectivity index (χ3v) is 5.59. The Morgan fingerprint density at radius 1 is 1.17 bits per heavy atom. The van der Waals surface area contributed by atoms with Crippen LogP contribution >= 0.6 is 31.9 Å². The zero-order valence-corrected chi connectivity index (χ0v) is 16.6. The van der Waals surface area contributed by atoms with Crippen LogP contribution in [-0.4, -0.2) is 31.7 Å². The standard InChI is InChI=1S/C16H19Br2N3O2/c1-9(2)23-16(22)13(17)14(18)21-8-19-15(20-21)12-6-10(3)5-11(4)7-12/h5-9,13-14H,1-4H3. The number of benzene rings is 1. The van der Waals surface area contributed by atoms with Crippen molar-refractivity contribution >= 4 is 37.8 Å². The number of aromatic nitrogens is 3. The van der Waals surface area contributed by atoms with E-state index < -0.39 is 4.83 Å². The largest absolute Gasteiger partial charge is 0.462 e. The van der Waals surface area contributed by atoms with Crippen molar-refractivity contribution < 1.29 is 9.53 Å². The Kier molecular flexibility index (Phi) is 5.97. The van der Waals surface area contributed by atoms with Gasteiger partial charge in [-0.1, -0.05) is 49.1 Å². The monoisotopic (exact) mass is 443 g/mol. The first kappa shape index (κ1) is 18.1. The zero-order valence-electron chi connectivity index (χ0n) is 13.5. The van der Waals surface area contributed by atoms with E-state index in [4.69, 9.17) is 4.74 Å². The van der Waals surface area contributed by atoms with Crippen molar-refractivity contribution in [1.82, 2.24) is 14.8 Å². The minimum Gasteiger partial charge on any atom is -0.462 e. The predicted octanol–water partition coefficient (Wildman–Crippen LogP) is 4.17. The van der Waals surface area contributed by atoms with Gasteiger partial charge in [-0.15, -0.1) is 5.10 Å². The normalized spacial score (nSPS) is 13.9. The second-order valence-electron chi connectivity index (χ2n) is 5.68. The topological polar surface area (TPSA) is 57.0 Å². The Morgan fingerprint density at radius 2 is 1.78 bits per heavy atom. The number of hydrogen-bond acceptors (Lipinski definition) is 4. The average molecular weight is 445 g/mol. The van der Waals surface area contributed by atoms with Gasteiger partial charge in [0.1, 0.15) is 16.1 Å². The van der Waals surface area contributed by atoms with Crippen LogP contribution in [0.5, 0.6) is 0 Å². The van der Waals surface area contributed by atoms with Crippen molar-refractivity contribution in [3.05, 3.63) is 35.7 Å². The molecule has 23 heavy (non-hydrogen) atoms. The van der Waals surface area contributed by atoms with Gasteiger partial charge in [0.05, 0.1) is 6.10 Å². The number of halogens is 2. The van der Waals surface area contributed by atoms with Gasteiger partial charge < -0.3 is 4.74 Å². The zero-order chi connectivity index (χ0) is 17.1. The quantitative estimate of drug-likeness (QED) is 0.512. The molecule has 2 aromatic rings. The number of aryl methyl sites for hydroxylation is 2. The number of carbonyl (C=O) groups is 1. The molecule has 0 fully saturated rings.